The van der Waals surface area contributed by atoms with Crippen LogP contribution in [0.5, 0.6) is 17.2 Å². The van der Waals surface area contributed by atoms with Gasteiger partial charge in [-0.1, -0.05) is 11.6 Å². The number of carbonyl (C=O) groups is 3. The molecular weight excluding hydrogens is 376 g/mol. The van der Waals surface area contributed by atoms with E-state index < -0.39 is 18.4 Å². The molecule has 2 amide bonds. The molecule has 0 bridgehead atoms. The van der Waals surface area contributed by atoms with Gasteiger partial charge in [-0.25, -0.2) is 0 Å². The number of rotatable bonds is 6. The van der Waals surface area contributed by atoms with Crippen molar-refractivity contribution in [2.75, 3.05) is 18.7 Å². The Balaban J connectivity index is 1.75. The van der Waals surface area contributed by atoms with Gasteiger partial charge in [-0.15, -0.1) is 0 Å². The third kappa shape index (κ3) is 4.12. The molecule has 0 radical (unpaired) electrons. The highest BCUT2D eigenvalue weighted by Crippen LogP contribution is 2.37. The molecule has 0 atom stereocenters. The van der Waals surface area contributed by atoms with E-state index in [9.17, 15) is 14.4 Å². The van der Waals surface area contributed by atoms with Gasteiger partial charge in [0.1, 0.15) is 5.75 Å². The first kappa shape index (κ1) is 18.5. The van der Waals surface area contributed by atoms with Crippen molar-refractivity contribution in [3.63, 3.8) is 0 Å². The fourth-order valence-electron chi connectivity index (χ4n) is 2.49. The van der Waals surface area contributed by atoms with E-state index in [1.165, 1.54) is 37.3 Å². The number of hydrogen-bond donors (Lipinski definition) is 2. The number of carbonyl (C=O) groups excluding carboxylic acids is 3. The molecule has 0 fully saturated rings. The average Bonchev–Trinajstić information content (AvgIpc) is 3.06. The van der Waals surface area contributed by atoms with Crippen LogP contribution in [0, 0.1) is 0 Å². The zero-order valence-corrected chi connectivity index (χ0v) is 15.0. The summed E-state index contributed by atoms with van der Waals surface area (Å²) in [5.41, 5.74) is 5.91. The van der Waals surface area contributed by atoms with Gasteiger partial charge in [0.15, 0.2) is 23.9 Å². The Morgan fingerprint density at radius 2 is 1.85 bits per heavy atom. The van der Waals surface area contributed by atoms with Crippen molar-refractivity contribution in [1.82, 2.24) is 0 Å². The van der Waals surface area contributed by atoms with Crippen LogP contribution in [0.2, 0.25) is 5.02 Å². The second-order valence-corrected chi connectivity index (χ2v) is 6.09. The number of ether oxygens (including phenoxy) is 3. The Morgan fingerprint density at radius 1 is 1.15 bits per heavy atom. The van der Waals surface area contributed by atoms with Gasteiger partial charge in [-0.05, 0) is 31.2 Å². The monoisotopic (exact) mass is 390 g/mol. The zero-order chi connectivity index (χ0) is 19.6. The molecule has 1 heterocycles. The maximum Gasteiger partial charge on any atom is 0.262 e. The van der Waals surface area contributed by atoms with Crippen molar-refractivity contribution in [2.45, 2.75) is 6.92 Å². The largest absolute Gasteiger partial charge is 0.483 e. The first-order valence-electron chi connectivity index (χ1n) is 7.81. The maximum atomic E-state index is 12.3. The SMILES string of the molecule is CC(=O)c1cc2c(cc1NC(=O)COc1cc(Cl)ccc1C(N)=O)OCO2. The highest BCUT2D eigenvalue weighted by molar-refractivity contribution is 6.30. The van der Waals surface area contributed by atoms with Gasteiger partial charge in [0.2, 0.25) is 6.79 Å². The number of benzene rings is 2. The Kier molecular flexibility index (Phi) is 5.18. The molecule has 9 heteroatoms. The number of anilines is 1. The van der Waals surface area contributed by atoms with Crippen molar-refractivity contribution in [1.29, 1.82) is 0 Å². The van der Waals surface area contributed by atoms with E-state index in [0.717, 1.165) is 0 Å². The first-order valence-corrected chi connectivity index (χ1v) is 8.19. The van der Waals surface area contributed by atoms with Gasteiger partial charge in [-0.2, -0.15) is 0 Å². The number of Topliss-reactive ketones (excluding diaryl/α,β-unsaturated/α-hetero) is 1. The molecule has 3 N–H and O–H groups in total. The van der Waals surface area contributed by atoms with Crippen molar-refractivity contribution >= 4 is 34.9 Å². The molecule has 3 rings (SSSR count). The number of nitrogens with two attached hydrogens (primary N) is 1. The summed E-state index contributed by atoms with van der Waals surface area (Å²) >= 11 is 5.88. The highest BCUT2D eigenvalue weighted by atomic mass is 35.5. The molecule has 0 aliphatic carbocycles. The number of primary amides is 1. The van der Waals surface area contributed by atoms with Crippen LogP contribution in [0.1, 0.15) is 27.6 Å². The predicted molar refractivity (Wildman–Crippen MR) is 96.7 cm³/mol. The molecule has 0 saturated carbocycles. The average molecular weight is 391 g/mol. The summed E-state index contributed by atoms with van der Waals surface area (Å²) in [5, 5.41) is 2.91. The topological polar surface area (TPSA) is 117 Å². The van der Waals surface area contributed by atoms with Crippen LogP contribution >= 0.6 is 11.6 Å². The number of halogens is 1. The zero-order valence-electron chi connectivity index (χ0n) is 14.2. The molecule has 27 heavy (non-hydrogen) atoms. The molecule has 1 aliphatic rings. The van der Waals surface area contributed by atoms with Gasteiger partial charge in [-0.3, -0.25) is 14.4 Å². The summed E-state index contributed by atoms with van der Waals surface area (Å²) in [5.74, 6) is -0.581. The smallest absolute Gasteiger partial charge is 0.262 e. The minimum Gasteiger partial charge on any atom is -0.483 e. The lowest BCUT2D eigenvalue weighted by Gasteiger charge is -2.12. The number of amides is 2. The van der Waals surface area contributed by atoms with Gasteiger partial charge < -0.3 is 25.3 Å². The van der Waals surface area contributed by atoms with Gasteiger partial charge in [0.05, 0.1) is 11.3 Å². The van der Waals surface area contributed by atoms with Gasteiger partial charge in [0.25, 0.3) is 11.8 Å². The number of nitrogens with one attached hydrogen (secondary N) is 1. The Hall–Kier alpha value is -3.26. The standard InChI is InChI=1S/C18H15ClN2O6/c1-9(22)12-5-15-16(27-8-26-15)6-13(12)21-17(23)7-25-14-4-10(19)2-3-11(14)18(20)24/h2-6H,7-8H2,1H3,(H2,20,24)(H,21,23). The molecule has 0 saturated heterocycles. The summed E-state index contributed by atoms with van der Waals surface area (Å²) in [4.78, 5) is 35.5. The van der Waals surface area contributed by atoms with E-state index >= 15 is 0 Å². The fraction of sp³-hybridized carbons (Fsp3) is 0.167. The summed E-state index contributed by atoms with van der Waals surface area (Å²) in [6, 6.07) is 7.29. The predicted octanol–water partition coefficient (Wildman–Crippen LogP) is 2.39. The molecule has 0 unspecified atom stereocenters. The first-order chi connectivity index (χ1) is 12.8. The minimum absolute atomic E-state index is 0.0395. The Bertz CT molecular complexity index is 944. The summed E-state index contributed by atoms with van der Waals surface area (Å²) in [6.07, 6.45) is 0. The summed E-state index contributed by atoms with van der Waals surface area (Å²) in [6.45, 7) is 0.985. The van der Waals surface area contributed by atoms with Crippen molar-refractivity contribution < 1.29 is 28.6 Å². The Labute approximate surface area is 159 Å². The van der Waals surface area contributed by atoms with E-state index in [1.807, 2.05) is 0 Å². The number of fused-ring (bicyclic) bond motifs is 1. The lowest BCUT2D eigenvalue weighted by atomic mass is 10.1. The highest BCUT2D eigenvalue weighted by Gasteiger charge is 2.21. The van der Waals surface area contributed by atoms with Crippen LogP contribution in [0.15, 0.2) is 30.3 Å². The number of hydrogen-bond acceptors (Lipinski definition) is 6. The van der Waals surface area contributed by atoms with E-state index in [0.29, 0.717) is 16.5 Å². The van der Waals surface area contributed by atoms with Crippen molar-refractivity contribution in [3.8, 4) is 17.2 Å². The van der Waals surface area contributed by atoms with Crippen LogP contribution in [0.4, 0.5) is 5.69 Å². The van der Waals surface area contributed by atoms with E-state index in [-0.39, 0.29) is 35.1 Å². The Morgan fingerprint density at radius 3 is 2.52 bits per heavy atom. The van der Waals surface area contributed by atoms with Crippen LogP contribution < -0.4 is 25.3 Å². The fourth-order valence-corrected chi connectivity index (χ4v) is 2.65. The molecule has 0 spiro atoms. The van der Waals surface area contributed by atoms with Crippen molar-refractivity contribution in [2.24, 2.45) is 5.73 Å². The van der Waals surface area contributed by atoms with Gasteiger partial charge in [0, 0.05) is 16.7 Å². The molecular formula is C18H15ClN2O6. The van der Waals surface area contributed by atoms with E-state index in [2.05, 4.69) is 5.32 Å². The lowest BCUT2D eigenvalue weighted by molar-refractivity contribution is -0.118. The third-order valence-electron chi connectivity index (χ3n) is 3.73. The normalized spacial score (nSPS) is 11.8. The van der Waals surface area contributed by atoms with E-state index in [4.69, 9.17) is 31.5 Å². The van der Waals surface area contributed by atoms with Crippen LogP contribution in [0.25, 0.3) is 0 Å². The quantitative estimate of drug-likeness (QED) is 0.731. The second kappa shape index (κ2) is 7.55. The maximum absolute atomic E-state index is 12.3. The molecule has 8 nitrogen and oxygen atoms in total. The molecule has 0 aromatic heterocycles. The molecule has 2 aromatic carbocycles. The van der Waals surface area contributed by atoms with Gasteiger partial charge >= 0.3 is 0 Å². The molecule has 1 aliphatic heterocycles. The molecule has 2 aromatic rings. The van der Waals surface area contributed by atoms with Crippen LogP contribution in [-0.4, -0.2) is 31.0 Å². The van der Waals surface area contributed by atoms with Crippen LogP contribution in [-0.2, 0) is 4.79 Å². The third-order valence-corrected chi connectivity index (χ3v) is 3.97. The van der Waals surface area contributed by atoms with Crippen molar-refractivity contribution in [3.05, 3.63) is 46.5 Å². The van der Waals surface area contributed by atoms with E-state index in [1.54, 1.807) is 0 Å². The number of ketones is 1. The van der Waals surface area contributed by atoms with Crippen LogP contribution in [0.3, 0.4) is 0 Å². The molecule has 140 valence electrons. The summed E-state index contributed by atoms with van der Waals surface area (Å²) < 4.78 is 15.9. The lowest BCUT2D eigenvalue weighted by Crippen LogP contribution is -2.22. The minimum atomic E-state index is -0.711. The second-order valence-electron chi connectivity index (χ2n) is 5.65. The summed E-state index contributed by atoms with van der Waals surface area (Å²) in [7, 11) is 0.